The zero-order chi connectivity index (χ0) is 12.5. The van der Waals surface area contributed by atoms with Crippen LogP contribution in [0, 0.1) is 0 Å². The Morgan fingerprint density at radius 3 is 2.38 bits per heavy atom. The van der Waals surface area contributed by atoms with Crippen LogP contribution < -0.4 is 0 Å². The maximum atomic E-state index is 11.9. The molecular formula is C8H10F3NO4. The minimum Gasteiger partial charge on any atom is -0.480 e. The fourth-order valence-corrected chi connectivity index (χ4v) is 1.60. The monoisotopic (exact) mass is 241 g/mol. The standard InChI is InChI=1S/C8H10F3NO4/c9-8(10,11)2-6(14)12-3-4(13)1-5(12)7(15)16/h4-5,13H,1-3H2,(H,15,16)/t4?,5-/m0/s1. The highest BCUT2D eigenvalue weighted by Gasteiger charge is 2.42. The lowest BCUT2D eigenvalue weighted by Crippen LogP contribution is -2.42. The summed E-state index contributed by atoms with van der Waals surface area (Å²) in [6, 6.07) is -1.37. The number of carboxylic acids is 1. The number of carbonyl (C=O) groups is 2. The lowest BCUT2D eigenvalue weighted by Gasteiger charge is -2.21. The van der Waals surface area contributed by atoms with Gasteiger partial charge in [0.25, 0.3) is 0 Å². The molecule has 5 nitrogen and oxygen atoms in total. The van der Waals surface area contributed by atoms with E-state index in [1.54, 1.807) is 0 Å². The van der Waals surface area contributed by atoms with Crippen molar-refractivity contribution in [3.63, 3.8) is 0 Å². The number of likely N-dealkylation sites (tertiary alicyclic amines) is 1. The third-order valence-corrected chi connectivity index (χ3v) is 2.24. The molecule has 16 heavy (non-hydrogen) atoms. The molecule has 0 aromatic heterocycles. The van der Waals surface area contributed by atoms with Crippen molar-refractivity contribution in [1.82, 2.24) is 4.90 Å². The molecule has 1 heterocycles. The van der Waals surface area contributed by atoms with Crippen molar-refractivity contribution in [3.05, 3.63) is 0 Å². The van der Waals surface area contributed by atoms with Crippen molar-refractivity contribution < 1.29 is 33.0 Å². The van der Waals surface area contributed by atoms with Gasteiger partial charge in [0.05, 0.1) is 6.10 Å². The fourth-order valence-electron chi connectivity index (χ4n) is 1.60. The van der Waals surface area contributed by atoms with Crippen molar-refractivity contribution in [2.45, 2.75) is 31.2 Å². The van der Waals surface area contributed by atoms with E-state index in [1.165, 1.54) is 0 Å². The second-order valence-electron chi connectivity index (χ2n) is 3.58. The highest BCUT2D eigenvalue weighted by molar-refractivity contribution is 5.84. The number of hydrogen-bond donors (Lipinski definition) is 2. The van der Waals surface area contributed by atoms with Gasteiger partial charge in [-0.05, 0) is 0 Å². The van der Waals surface area contributed by atoms with Crippen LogP contribution in [-0.2, 0) is 9.59 Å². The Balaban J connectivity index is 2.71. The normalized spacial score (nSPS) is 25.9. The molecule has 92 valence electrons. The fraction of sp³-hybridized carbons (Fsp3) is 0.750. The van der Waals surface area contributed by atoms with Gasteiger partial charge in [-0.1, -0.05) is 0 Å². The minimum absolute atomic E-state index is 0.237. The molecule has 1 amide bonds. The molecule has 1 unspecified atom stereocenters. The van der Waals surface area contributed by atoms with Gasteiger partial charge in [-0.15, -0.1) is 0 Å². The van der Waals surface area contributed by atoms with Crippen molar-refractivity contribution >= 4 is 11.9 Å². The molecule has 1 fully saturated rings. The zero-order valence-electron chi connectivity index (χ0n) is 8.07. The van der Waals surface area contributed by atoms with Crippen LogP contribution in [0.4, 0.5) is 13.2 Å². The van der Waals surface area contributed by atoms with Crippen LogP contribution in [0.5, 0.6) is 0 Å². The number of alkyl halides is 3. The summed E-state index contributed by atoms with van der Waals surface area (Å²) in [5, 5.41) is 17.8. The lowest BCUT2D eigenvalue weighted by molar-refractivity contribution is -0.165. The Hall–Kier alpha value is -1.31. The van der Waals surface area contributed by atoms with Gasteiger partial charge in [-0.3, -0.25) is 4.79 Å². The Morgan fingerprint density at radius 1 is 1.38 bits per heavy atom. The summed E-state index contributed by atoms with van der Waals surface area (Å²) in [7, 11) is 0. The van der Waals surface area contributed by atoms with Gasteiger partial charge in [0.1, 0.15) is 12.5 Å². The highest BCUT2D eigenvalue weighted by Crippen LogP contribution is 2.25. The van der Waals surface area contributed by atoms with Gasteiger partial charge in [0.15, 0.2) is 0 Å². The van der Waals surface area contributed by atoms with E-state index in [9.17, 15) is 22.8 Å². The zero-order valence-corrected chi connectivity index (χ0v) is 8.07. The molecule has 0 aliphatic carbocycles. The first-order chi connectivity index (χ1) is 7.20. The van der Waals surface area contributed by atoms with E-state index in [0.29, 0.717) is 4.90 Å². The molecule has 1 saturated heterocycles. The number of halogens is 3. The summed E-state index contributed by atoms with van der Waals surface area (Å²) >= 11 is 0. The van der Waals surface area contributed by atoms with Gasteiger partial charge >= 0.3 is 12.1 Å². The SMILES string of the molecule is O=C(O)[C@@H]1CC(O)CN1C(=O)CC(F)(F)F. The molecule has 2 atom stereocenters. The van der Waals surface area contributed by atoms with Crippen LogP contribution in [0.1, 0.15) is 12.8 Å². The summed E-state index contributed by atoms with van der Waals surface area (Å²) in [4.78, 5) is 22.4. The van der Waals surface area contributed by atoms with E-state index in [4.69, 9.17) is 10.2 Å². The highest BCUT2D eigenvalue weighted by atomic mass is 19.4. The number of nitrogens with zero attached hydrogens (tertiary/aromatic N) is 1. The number of aliphatic hydroxyl groups excluding tert-OH is 1. The smallest absolute Gasteiger partial charge is 0.397 e. The van der Waals surface area contributed by atoms with Crippen LogP contribution in [0.25, 0.3) is 0 Å². The number of carboxylic acid groups (broad SMARTS) is 1. The van der Waals surface area contributed by atoms with Crippen molar-refractivity contribution in [2.75, 3.05) is 6.54 Å². The molecule has 0 aromatic rings. The average Bonchev–Trinajstić information content (AvgIpc) is 2.44. The third-order valence-electron chi connectivity index (χ3n) is 2.24. The van der Waals surface area contributed by atoms with Crippen LogP contribution in [-0.4, -0.2) is 51.9 Å². The number of aliphatic carboxylic acids is 1. The van der Waals surface area contributed by atoms with E-state index >= 15 is 0 Å². The summed E-state index contributed by atoms with van der Waals surface area (Å²) < 4.78 is 35.8. The first-order valence-electron chi connectivity index (χ1n) is 4.48. The summed E-state index contributed by atoms with van der Waals surface area (Å²) in [6.07, 6.45) is -7.70. The maximum absolute atomic E-state index is 11.9. The Bertz CT molecular complexity index is 304. The Labute approximate surface area is 88.5 Å². The van der Waals surface area contributed by atoms with Gasteiger partial charge in [0.2, 0.25) is 5.91 Å². The van der Waals surface area contributed by atoms with Crippen molar-refractivity contribution in [2.24, 2.45) is 0 Å². The Kier molecular flexibility index (Phi) is 3.41. The molecule has 1 aliphatic heterocycles. The topological polar surface area (TPSA) is 77.8 Å². The van der Waals surface area contributed by atoms with Gasteiger partial charge < -0.3 is 15.1 Å². The van der Waals surface area contributed by atoms with E-state index < -0.39 is 36.6 Å². The minimum atomic E-state index is -4.67. The van der Waals surface area contributed by atoms with Crippen LogP contribution in [0.3, 0.4) is 0 Å². The Morgan fingerprint density at radius 2 is 1.94 bits per heavy atom. The second-order valence-corrected chi connectivity index (χ2v) is 3.58. The predicted molar refractivity (Wildman–Crippen MR) is 44.4 cm³/mol. The van der Waals surface area contributed by atoms with E-state index in [-0.39, 0.29) is 13.0 Å². The number of carbonyl (C=O) groups excluding carboxylic acids is 1. The molecule has 0 radical (unpaired) electrons. The first kappa shape index (κ1) is 12.8. The van der Waals surface area contributed by atoms with E-state index in [0.717, 1.165) is 0 Å². The number of amides is 1. The van der Waals surface area contributed by atoms with Crippen LogP contribution in [0.15, 0.2) is 0 Å². The number of rotatable bonds is 2. The van der Waals surface area contributed by atoms with Crippen molar-refractivity contribution in [1.29, 1.82) is 0 Å². The van der Waals surface area contributed by atoms with Crippen molar-refractivity contribution in [3.8, 4) is 0 Å². The quantitative estimate of drug-likeness (QED) is 0.712. The van der Waals surface area contributed by atoms with E-state index in [2.05, 4.69) is 0 Å². The second kappa shape index (κ2) is 4.28. The first-order valence-corrected chi connectivity index (χ1v) is 4.48. The largest absolute Gasteiger partial charge is 0.480 e. The molecule has 0 bridgehead atoms. The molecular weight excluding hydrogens is 231 g/mol. The molecule has 1 rings (SSSR count). The number of hydrogen-bond acceptors (Lipinski definition) is 3. The van der Waals surface area contributed by atoms with E-state index in [1.807, 2.05) is 0 Å². The molecule has 2 N–H and O–H groups in total. The van der Waals surface area contributed by atoms with Gasteiger partial charge in [0, 0.05) is 13.0 Å². The summed E-state index contributed by atoms with van der Waals surface area (Å²) in [5.41, 5.74) is 0. The lowest BCUT2D eigenvalue weighted by atomic mass is 10.2. The average molecular weight is 241 g/mol. The molecule has 1 aliphatic rings. The molecule has 0 aromatic carbocycles. The summed E-state index contributed by atoms with van der Waals surface area (Å²) in [5.74, 6) is -2.73. The van der Waals surface area contributed by atoms with Gasteiger partial charge in [-0.2, -0.15) is 13.2 Å². The predicted octanol–water partition coefficient (Wildman–Crippen LogP) is -0.0148. The number of aliphatic hydroxyl groups is 1. The molecule has 0 saturated carbocycles. The maximum Gasteiger partial charge on any atom is 0.397 e. The molecule has 0 spiro atoms. The summed E-state index contributed by atoms with van der Waals surface area (Å²) in [6.45, 7) is -0.369. The number of β-amino-alcohol motifs (C(OH)–C–C–N with tert-alkyl or cyclic N) is 1. The van der Waals surface area contributed by atoms with Crippen LogP contribution >= 0.6 is 0 Å². The van der Waals surface area contributed by atoms with Gasteiger partial charge in [-0.25, -0.2) is 4.79 Å². The molecule has 8 heteroatoms. The van der Waals surface area contributed by atoms with Crippen LogP contribution in [0.2, 0.25) is 0 Å². The third kappa shape index (κ3) is 3.09.